The number of hydrogen-bond donors (Lipinski definition) is 2. The lowest BCUT2D eigenvalue weighted by Crippen LogP contribution is -2.58. The van der Waals surface area contributed by atoms with Gasteiger partial charge in [-0.15, -0.1) is 0 Å². The molecule has 0 aliphatic heterocycles. The molecule has 0 saturated heterocycles. The summed E-state index contributed by atoms with van der Waals surface area (Å²) >= 11 is 0. The summed E-state index contributed by atoms with van der Waals surface area (Å²) in [6.07, 6.45) is 7.39. The fourth-order valence-corrected chi connectivity index (χ4v) is 8.14. The number of esters is 2. The van der Waals surface area contributed by atoms with E-state index in [1.807, 2.05) is 0 Å². The molecule has 7 atom stereocenters. The van der Waals surface area contributed by atoms with Gasteiger partial charge in [-0.3, -0.25) is 9.59 Å². The van der Waals surface area contributed by atoms with Crippen LogP contribution in [0.4, 0.5) is 5.69 Å². The van der Waals surface area contributed by atoms with Crippen LogP contribution in [-0.4, -0.2) is 41.3 Å². The first-order chi connectivity index (χ1) is 17.6. The van der Waals surface area contributed by atoms with E-state index < -0.39 is 29.5 Å². The van der Waals surface area contributed by atoms with Gasteiger partial charge < -0.3 is 19.9 Å². The molecule has 0 heterocycles. The standard InChI is InChI=1S/C30H41NO6/c1-18(2)22-9-8-19(3)10-25(22)37-27(33)23-6-4-5-7-24(23)31-26(32)16-36-28(34)29-12-20-11-21(13-29)15-30(35,14-20)17-29/h4-7,18-22,25,35H,8-17H2,1-3H3,(H,31,32)/t19-,20-,21+,22-,25-,29?,30?/m0/s1. The minimum absolute atomic E-state index is 0.143. The lowest BCUT2D eigenvalue weighted by atomic mass is 9.48. The minimum Gasteiger partial charge on any atom is -0.458 e. The van der Waals surface area contributed by atoms with Crippen LogP contribution in [0.1, 0.15) is 88.9 Å². The first-order valence-electron chi connectivity index (χ1n) is 14.1. The number of amides is 1. The zero-order chi connectivity index (χ0) is 26.4. The quantitative estimate of drug-likeness (QED) is 0.493. The van der Waals surface area contributed by atoms with Crippen LogP contribution in [0.2, 0.25) is 0 Å². The molecule has 0 radical (unpaired) electrons. The van der Waals surface area contributed by atoms with Crippen LogP contribution in [0, 0.1) is 35.0 Å². The Bertz CT molecular complexity index is 1040. The Balaban J connectivity index is 1.20. The van der Waals surface area contributed by atoms with Crippen LogP contribution in [0.25, 0.3) is 0 Å². The second-order valence-corrected chi connectivity index (χ2v) is 12.9. The Morgan fingerprint density at radius 3 is 2.43 bits per heavy atom. The molecule has 5 aliphatic carbocycles. The molecular formula is C30H41NO6. The molecule has 5 fully saturated rings. The summed E-state index contributed by atoms with van der Waals surface area (Å²) < 4.78 is 11.5. The van der Waals surface area contributed by atoms with Crippen molar-refractivity contribution >= 4 is 23.5 Å². The van der Waals surface area contributed by atoms with Gasteiger partial charge in [0.05, 0.1) is 22.3 Å². The summed E-state index contributed by atoms with van der Waals surface area (Å²) in [4.78, 5) is 39.0. The van der Waals surface area contributed by atoms with Crippen molar-refractivity contribution in [3.8, 4) is 0 Å². The maximum atomic E-state index is 13.2. The normalized spacial score (nSPS) is 36.3. The Kier molecular flexibility index (Phi) is 7.12. The van der Waals surface area contributed by atoms with E-state index in [9.17, 15) is 19.5 Å². The average Bonchev–Trinajstić information content (AvgIpc) is 2.81. The first kappa shape index (κ1) is 26.2. The molecule has 6 rings (SSSR count). The Morgan fingerprint density at radius 2 is 1.76 bits per heavy atom. The number of ether oxygens (including phenoxy) is 2. The zero-order valence-corrected chi connectivity index (χ0v) is 22.3. The molecule has 1 amide bonds. The van der Waals surface area contributed by atoms with Crippen molar-refractivity contribution in [1.82, 2.24) is 0 Å². The van der Waals surface area contributed by atoms with Gasteiger partial charge in [0.15, 0.2) is 6.61 Å². The highest BCUT2D eigenvalue weighted by molar-refractivity contribution is 6.02. The van der Waals surface area contributed by atoms with Crippen LogP contribution in [0.15, 0.2) is 24.3 Å². The van der Waals surface area contributed by atoms with E-state index in [0.717, 1.165) is 51.4 Å². The molecule has 5 saturated carbocycles. The summed E-state index contributed by atoms with van der Waals surface area (Å²) in [6.45, 7) is 6.10. The van der Waals surface area contributed by atoms with Crippen molar-refractivity contribution in [2.45, 2.75) is 90.3 Å². The highest BCUT2D eigenvalue weighted by Crippen LogP contribution is 2.62. The third kappa shape index (κ3) is 5.43. The number of carbonyl (C=O) groups excluding carboxylic acids is 3. The van der Waals surface area contributed by atoms with Gasteiger partial charge in [-0.05, 0) is 93.1 Å². The van der Waals surface area contributed by atoms with Crippen molar-refractivity contribution in [3.63, 3.8) is 0 Å². The smallest absolute Gasteiger partial charge is 0.340 e. The van der Waals surface area contributed by atoms with Crippen molar-refractivity contribution < 1.29 is 29.0 Å². The van der Waals surface area contributed by atoms with Gasteiger partial charge in [0, 0.05) is 0 Å². The topological polar surface area (TPSA) is 102 Å². The lowest BCUT2D eigenvalue weighted by molar-refractivity contribution is -0.196. The number of aliphatic hydroxyl groups is 1. The van der Waals surface area contributed by atoms with Gasteiger partial charge in [0.1, 0.15) is 6.10 Å². The van der Waals surface area contributed by atoms with E-state index in [4.69, 9.17) is 9.47 Å². The van der Waals surface area contributed by atoms with Gasteiger partial charge in [0.25, 0.3) is 5.91 Å². The molecule has 7 heteroatoms. The number of rotatable bonds is 7. The van der Waals surface area contributed by atoms with Crippen LogP contribution in [0.5, 0.6) is 0 Å². The molecule has 0 aromatic heterocycles. The van der Waals surface area contributed by atoms with Crippen LogP contribution < -0.4 is 5.32 Å². The Morgan fingerprint density at radius 1 is 1.05 bits per heavy atom. The lowest BCUT2D eigenvalue weighted by Gasteiger charge is -2.58. The summed E-state index contributed by atoms with van der Waals surface area (Å²) in [7, 11) is 0. The Hall–Kier alpha value is -2.41. The highest BCUT2D eigenvalue weighted by atomic mass is 16.5. The second kappa shape index (κ2) is 10.0. The number of nitrogens with one attached hydrogen (secondary N) is 1. The fraction of sp³-hybridized carbons (Fsp3) is 0.700. The predicted molar refractivity (Wildman–Crippen MR) is 139 cm³/mol. The van der Waals surface area contributed by atoms with Gasteiger partial charge in [0.2, 0.25) is 0 Å². The number of benzene rings is 1. The molecule has 1 aromatic rings. The van der Waals surface area contributed by atoms with Gasteiger partial charge in [-0.25, -0.2) is 4.79 Å². The summed E-state index contributed by atoms with van der Waals surface area (Å²) in [6, 6.07) is 6.80. The largest absolute Gasteiger partial charge is 0.458 e. The summed E-state index contributed by atoms with van der Waals surface area (Å²) in [5.41, 5.74) is -0.797. The van der Waals surface area contributed by atoms with E-state index in [1.165, 1.54) is 0 Å². The van der Waals surface area contributed by atoms with Gasteiger partial charge >= 0.3 is 11.9 Å². The van der Waals surface area contributed by atoms with Crippen LogP contribution in [-0.2, 0) is 19.1 Å². The SMILES string of the molecule is CC(C)[C@@H]1CC[C@H](C)C[C@@H]1OC(=O)c1ccccc1NC(=O)COC(=O)C12C[C@@H]3C[C@@H](CC(O)(C3)C1)C2. The molecule has 1 aromatic carbocycles. The molecule has 2 N–H and O–H groups in total. The highest BCUT2D eigenvalue weighted by Gasteiger charge is 2.61. The second-order valence-electron chi connectivity index (χ2n) is 12.9. The van der Waals surface area contributed by atoms with Crippen LogP contribution >= 0.6 is 0 Å². The molecular weight excluding hydrogens is 470 g/mol. The minimum atomic E-state index is -0.768. The summed E-state index contributed by atoms with van der Waals surface area (Å²) in [5.74, 6) is 0.637. The van der Waals surface area contributed by atoms with Gasteiger partial charge in [-0.2, -0.15) is 0 Å². The maximum Gasteiger partial charge on any atom is 0.340 e. The zero-order valence-electron chi connectivity index (χ0n) is 22.3. The van der Waals surface area contributed by atoms with Crippen molar-refractivity contribution in [1.29, 1.82) is 0 Å². The molecule has 2 unspecified atom stereocenters. The number of hydrogen-bond acceptors (Lipinski definition) is 6. The third-order valence-corrected chi connectivity index (χ3v) is 9.44. The fourth-order valence-electron chi connectivity index (χ4n) is 8.14. The number of anilines is 1. The van der Waals surface area contributed by atoms with E-state index in [-0.39, 0.29) is 12.1 Å². The third-order valence-electron chi connectivity index (χ3n) is 9.44. The maximum absolute atomic E-state index is 13.2. The number of carbonyl (C=O) groups is 3. The van der Waals surface area contributed by atoms with E-state index in [0.29, 0.717) is 47.3 Å². The monoisotopic (exact) mass is 511 g/mol. The Labute approximate surface area is 219 Å². The first-order valence-corrected chi connectivity index (χ1v) is 14.1. The molecule has 37 heavy (non-hydrogen) atoms. The van der Waals surface area contributed by atoms with E-state index in [1.54, 1.807) is 24.3 Å². The van der Waals surface area contributed by atoms with Crippen molar-refractivity contribution in [3.05, 3.63) is 29.8 Å². The molecule has 0 spiro atoms. The van der Waals surface area contributed by atoms with Crippen molar-refractivity contribution in [2.75, 3.05) is 11.9 Å². The molecule has 7 nitrogen and oxygen atoms in total. The average molecular weight is 512 g/mol. The van der Waals surface area contributed by atoms with Gasteiger partial charge in [-0.1, -0.05) is 39.3 Å². The van der Waals surface area contributed by atoms with Crippen molar-refractivity contribution in [2.24, 2.45) is 35.0 Å². The molecule has 5 aliphatic rings. The molecule has 4 bridgehead atoms. The van der Waals surface area contributed by atoms with Crippen LogP contribution in [0.3, 0.4) is 0 Å². The molecule has 202 valence electrons. The number of para-hydroxylation sites is 1. The predicted octanol–water partition coefficient (Wildman–Crippen LogP) is 5.12. The van der Waals surface area contributed by atoms with E-state index >= 15 is 0 Å². The van der Waals surface area contributed by atoms with E-state index in [2.05, 4.69) is 26.1 Å². The summed E-state index contributed by atoms with van der Waals surface area (Å²) in [5, 5.41) is 13.7.